The van der Waals surface area contributed by atoms with Gasteiger partial charge >= 0.3 is 6.18 Å². The van der Waals surface area contributed by atoms with Crippen molar-refractivity contribution in [3.05, 3.63) is 64.1 Å². The molecule has 5 nitrogen and oxygen atoms in total. The first-order valence-corrected chi connectivity index (χ1v) is 9.17. The Morgan fingerprint density at radius 2 is 1.71 bits per heavy atom. The molecular formula is C19H19BrF3N3O2. The van der Waals surface area contributed by atoms with Crippen LogP contribution in [0.25, 0.3) is 0 Å². The van der Waals surface area contributed by atoms with Gasteiger partial charge in [0.05, 0.1) is 18.2 Å². The molecule has 0 heterocycles. The summed E-state index contributed by atoms with van der Waals surface area (Å²) in [6, 6.07) is 13.3. The summed E-state index contributed by atoms with van der Waals surface area (Å²) in [4.78, 5) is 24.2. The van der Waals surface area contributed by atoms with E-state index in [0.717, 1.165) is 10.0 Å². The van der Waals surface area contributed by atoms with E-state index in [0.29, 0.717) is 0 Å². The van der Waals surface area contributed by atoms with Gasteiger partial charge in [0.1, 0.15) is 6.54 Å². The van der Waals surface area contributed by atoms with Crippen LogP contribution in [0.5, 0.6) is 0 Å². The lowest BCUT2D eigenvalue weighted by Gasteiger charge is -2.16. The molecule has 2 amide bonds. The third-order valence-electron chi connectivity index (χ3n) is 3.81. The van der Waals surface area contributed by atoms with E-state index in [9.17, 15) is 22.8 Å². The standard InChI is InChI=1S/C19H19BrF3N3O2/c1-12(13-6-8-14(20)9-7-13)26-17(27)10-24-16-5-3-2-4-15(16)18(28)25-11-19(21,22)23/h2-9,12,24H,10-11H2,1H3,(H,25,28)(H,26,27). The Labute approximate surface area is 168 Å². The summed E-state index contributed by atoms with van der Waals surface area (Å²) in [7, 11) is 0. The molecule has 28 heavy (non-hydrogen) atoms. The number of rotatable bonds is 7. The molecule has 150 valence electrons. The smallest absolute Gasteiger partial charge is 0.376 e. The Hall–Kier alpha value is -2.55. The number of amides is 2. The van der Waals surface area contributed by atoms with Gasteiger partial charge in [0.2, 0.25) is 5.91 Å². The Morgan fingerprint density at radius 3 is 2.36 bits per heavy atom. The Bertz CT molecular complexity index is 826. The number of para-hydroxylation sites is 1. The van der Waals surface area contributed by atoms with Gasteiger partial charge < -0.3 is 16.0 Å². The SMILES string of the molecule is CC(NC(=O)CNc1ccccc1C(=O)NCC(F)(F)F)c1ccc(Br)cc1. The fraction of sp³-hybridized carbons (Fsp3) is 0.263. The highest BCUT2D eigenvalue weighted by Crippen LogP contribution is 2.18. The summed E-state index contributed by atoms with van der Waals surface area (Å²) in [5, 5.41) is 7.43. The molecular weight excluding hydrogens is 439 g/mol. The van der Waals surface area contributed by atoms with Gasteiger partial charge in [-0.2, -0.15) is 13.2 Å². The second-order valence-corrected chi connectivity index (χ2v) is 6.95. The van der Waals surface area contributed by atoms with Crippen LogP contribution >= 0.6 is 15.9 Å². The van der Waals surface area contributed by atoms with Gasteiger partial charge in [-0.1, -0.05) is 40.2 Å². The molecule has 1 atom stereocenters. The first kappa shape index (κ1) is 21.7. The maximum Gasteiger partial charge on any atom is 0.405 e. The van der Waals surface area contributed by atoms with Crippen LogP contribution in [-0.2, 0) is 4.79 Å². The Morgan fingerprint density at radius 1 is 1.07 bits per heavy atom. The van der Waals surface area contributed by atoms with E-state index >= 15 is 0 Å². The zero-order chi connectivity index (χ0) is 20.7. The first-order chi connectivity index (χ1) is 13.2. The van der Waals surface area contributed by atoms with Gasteiger partial charge in [-0.15, -0.1) is 0 Å². The van der Waals surface area contributed by atoms with E-state index in [-0.39, 0.29) is 29.7 Å². The van der Waals surface area contributed by atoms with Crippen LogP contribution in [0.3, 0.4) is 0 Å². The maximum absolute atomic E-state index is 12.3. The van der Waals surface area contributed by atoms with Crippen LogP contribution in [0.15, 0.2) is 53.0 Å². The fourth-order valence-corrected chi connectivity index (χ4v) is 2.68. The summed E-state index contributed by atoms with van der Waals surface area (Å²) in [6.07, 6.45) is -4.50. The minimum absolute atomic E-state index is 0.0282. The number of benzene rings is 2. The number of carbonyl (C=O) groups is 2. The molecule has 0 aliphatic carbocycles. The highest BCUT2D eigenvalue weighted by atomic mass is 79.9. The Kier molecular flexibility index (Phi) is 7.45. The maximum atomic E-state index is 12.3. The second-order valence-electron chi connectivity index (χ2n) is 6.04. The molecule has 3 N–H and O–H groups in total. The van der Waals surface area contributed by atoms with Gasteiger partial charge in [0.15, 0.2) is 0 Å². The van der Waals surface area contributed by atoms with Crippen LogP contribution in [0.4, 0.5) is 18.9 Å². The van der Waals surface area contributed by atoms with Crippen LogP contribution in [0.2, 0.25) is 0 Å². The zero-order valence-electron chi connectivity index (χ0n) is 14.9. The number of anilines is 1. The molecule has 9 heteroatoms. The third-order valence-corrected chi connectivity index (χ3v) is 4.34. The first-order valence-electron chi connectivity index (χ1n) is 8.38. The van der Waals surface area contributed by atoms with Gasteiger partial charge in [-0.3, -0.25) is 9.59 Å². The summed E-state index contributed by atoms with van der Waals surface area (Å²) in [5.41, 5.74) is 1.22. The largest absolute Gasteiger partial charge is 0.405 e. The molecule has 2 aromatic carbocycles. The topological polar surface area (TPSA) is 70.2 Å². The third kappa shape index (κ3) is 6.88. The van der Waals surface area contributed by atoms with Crippen molar-refractivity contribution in [2.75, 3.05) is 18.4 Å². The van der Waals surface area contributed by atoms with Crippen molar-refractivity contribution < 1.29 is 22.8 Å². The Balaban J connectivity index is 1.94. The van der Waals surface area contributed by atoms with Crippen molar-refractivity contribution in [2.24, 2.45) is 0 Å². The number of nitrogens with one attached hydrogen (secondary N) is 3. The molecule has 0 bridgehead atoms. The van der Waals surface area contributed by atoms with Gasteiger partial charge in [-0.05, 0) is 36.8 Å². The van der Waals surface area contributed by atoms with Gasteiger partial charge in [0, 0.05) is 10.2 Å². The monoisotopic (exact) mass is 457 g/mol. The number of carbonyl (C=O) groups excluding carboxylic acids is 2. The van der Waals surface area contributed by atoms with Gasteiger partial charge in [0.25, 0.3) is 5.91 Å². The average Bonchev–Trinajstić information content (AvgIpc) is 2.64. The fourth-order valence-electron chi connectivity index (χ4n) is 2.41. The predicted molar refractivity (Wildman–Crippen MR) is 104 cm³/mol. The molecule has 0 spiro atoms. The number of hydrogen-bond acceptors (Lipinski definition) is 3. The minimum atomic E-state index is -4.50. The molecule has 0 aliphatic rings. The van der Waals surface area contributed by atoms with E-state index in [1.54, 1.807) is 6.07 Å². The summed E-state index contributed by atoms with van der Waals surface area (Å²) < 4.78 is 37.8. The van der Waals surface area contributed by atoms with Gasteiger partial charge in [-0.25, -0.2) is 0 Å². The summed E-state index contributed by atoms with van der Waals surface area (Å²) in [5.74, 6) is -1.19. The molecule has 2 rings (SSSR count). The quantitative estimate of drug-likeness (QED) is 0.587. The van der Waals surface area contributed by atoms with E-state index in [4.69, 9.17) is 0 Å². The lowest BCUT2D eigenvalue weighted by Crippen LogP contribution is -2.35. The molecule has 0 radical (unpaired) electrons. The van der Waals surface area contributed by atoms with Crippen LogP contribution in [0.1, 0.15) is 28.9 Å². The highest BCUT2D eigenvalue weighted by molar-refractivity contribution is 9.10. The van der Waals surface area contributed by atoms with Crippen molar-refractivity contribution in [2.45, 2.75) is 19.1 Å². The van der Waals surface area contributed by atoms with Crippen molar-refractivity contribution >= 4 is 33.4 Å². The van der Waals surface area contributed by atoms with E-state index in [1.807, 2.05) is 36.5 Å². The molecule has 0 fully saturated rings. The van der Waals surface area contributed by atoms with Crippen LogP contribution < -0.4 is 16.0 Å². The highest BCUT2D eigenvalue weighted by Gasteiger charge is 2.28. The lowest BCUT2D eigenvalue weighted by atomic mass is 10.1. The van der Waals surface area contributed by atoms with Crippen molar-refractivity contribution in [3.63, 3.8) is 0 Å². The van der Waals surface area contributed by atoms with Crippen molar-refractivity contribution in [1.82, 2.24) is 10.6 Å². The lowest BCUT2D eigenvalue weighted by molar-refractivity contribution is -0.123. The van der Waals surface area contributed by atoms with Crippen molar-refractivity contribution in [1.29, 1.82) is 0 Å². The van der Waals surface area contributed by atoms with Crippen LogP contribution in [0, 0.1) is 0 Å². The van der Waals surface area contributed by atoms with E-state index < -0.39 is 18.6 Å². The molecule has 1 unspecified atom stereocenters. The zero-order valence-corrected chi connectivity index (χ0v) is 16.5. The average molecular weight is 458 g/mol. The molecule has 0 saturated heterocycles. The minimum Gasteiger partial charge on any atom is -0.376 e. The molecule has 0 saturated carbocycles. The van der Waals surface area contributed by atoms with Crippen LogP contribution in [-0.4, -0.2) is 31.1 Å². The predicted octanol–water partition coefficient (Wildman–Crippen LogP) is 4.03. The number of alkyl halides is 3. The summed E-state index contributed by atoms with van der Waals surface area (Å²) >= 11 is 3.34. The second kappa shape index (κ2) is 9.59. The number of halogens is 4. The molecule has 0 aliphatic heterocycles. The number of hydrogen-bond donors (Lipinski definition) is 3. The van der Waals surface area contributed by atoms with Crippen molar-refractivity contribution in [3.8, 4) is 0 Å². The van der Waals surface area contributed by atoms with E-state index in [2.05, 4.69) is 26.6 Å². The summed E-state index contributed by atoms with van der Waals surface area (Å²) in [6.45, 7) is 0.273. The normalized spacial score (nSPS) is 12.2. The molecule has 0 aromatic heterocycles. The van der Waals surface area contributed by atoms with E-state index in [1.165, 1.54) is 18.2 Å². The molecule has 2 aromatic rings.